The Morgan fingerprint density at radius 3 is 2.26 bits per heavy atom. The van der Waals surface area contributed by atoms with Gasteiger partial charge < -0.3 is 11.1 Å². The SMILES string of the molecule is NC(=O)C1(NC2CC2)CCC(c2ccccc2)CC1. The maximum atomic E-state index is 11.8. The van der Waals surface area contributed by atoms with E-state index in [-0.39, 0.29) is 5.91 Å². The van der Waals surface area contributed by atoms with Crippen LogP contribution in [0.25, 0.3) is 0 Å². The summed E-state index contributed by atoms with van der Waals surface area (Å²) < 4.78 is 0. The highest BCUT2D eigenvalue weighted by Gasteiger charge is 2.43. The number of benzene rings is 1. The topological polar surface area (TPSA) is 55.1 Å². The first kappa shape index (κ1) is 12.7. The van der Waals surface area contributed by atoms with E-state index in [0.717, 1.165) is 25.7 Å². The maximum Gasteiger partial charge on any atom is 0.237 e. The Hall–Kier alpha value is -1.35. The van der Waals surface area contributed by atoms with Gasteiger partial charge in [-0.1, -0.05) is 30.3 Å². The minimum atomic E-state index is -0.438. The van der Waals surface area contributed by atoms with Crippen LogP contribution in [0, 0.1) is 0 Å². The van der Waals surface area contributed by atoms with E-state index in [1.165, 1.54) is 18.4 Å². The lowest BCUT2D eigenvalue weighted by molar-refractivity contribution is -0.126. The van der Waals surface area contributed by atoms with Gasteiger partial charge in [-0.2, -0.15) is 0 Å². The van der Waals surface area contributed by atoms with Gasteiger partial charge in [-0.3, -0.25) is 4.79 Å². The van der Waals surface area contributed by atoms with Crippen LogP contribution in [-0.2, 0) is 4.79 Å². The highest BCUT2D eigenvalue weighted by molar-refractivity contribution is 5.85. The second-order valence-corrected chi connectivity index (χ2v) is 6.05. The Morgan fingerprint density at radius 1 is 1.11 bits per heavy atom. The largest absolute Gasteiger partial charge is 0.368 e. The fourth-order valence-electron chi connectivity index (χ4n) is 3.25. The summed E-state index contributed by atoms with van der Waals surface area (Å²) in [5, 5.41) is 3.50. The molecule has 1 amide bonds. The van der Waals surface area contributed by atoms with E-state index in [1.54, 1.807) is 0 Å². The van der Waals surface area contributed by atoms with Crippen molar-refractivity contribution in [2.45, 2.75) is 56.0 Å². The third-order valence-electron chi connectivity index (χ3n) is 4.64. The Balaban J connectivity index is 1.68. The second kappa shape index (κ2) is 4.97. The van der Waals surface area contributed by atoms with Crippen molar-refractivity contribution in [3.63, 3.8) is 0 Å². The molecule has 3 N–H and O–H groups in total. The summed E-state index contributed by atoms with van der Waals surface area (Å²) >= 11 is 0. The average molecular weight is 258 g/mol. The standard InChI is InChI=1S/C16H22N2O/c17-15(19)16(18-14-6-7-14)10-8-13(9-11-16)12-4-2-1-3-5-12/h1-5,13-14,18H,6-11H2,(H2,17,19). The molecule has 2 fully saturated rings. The quantitative estimate of drug-likeness (QED) is 0.871. The van der Waals surface area contributed by atoms with Gasteiger partial charge in [0.05, 0.1) is 5.54 Å². The molecule has 1 aromatic rings. The molecule has 0 radical (unpaired) electrons. The van der Waals surface area contributed by atoms with Crippen molar-refractivity contribution < 1.29 is 4.79 Å². The fraction of sp³-hybridized carbons (Fsp3) is 0.562. The normalized spacial score (nSPS) is 31.1. The number of amides is 1. The summed E-state index contributed by atoms with van der Waals surface area (Å²) in [5.74, 6) is 0.417. The van der Waals surface area contributed by atoms with Gasteiger partial charge in [0, 0.05) is 6.04 Å². The van der Waals surface area contributed by atoms with Gasteiger partial charge in [-0.15, -0.1) is 0 Å². The molecule has 1 aromatic carbocycles. The zero-order valence-electron chi connectivity index (χ0n) is 11.3. The van der Waals surface area contributed by atoms with E-state index in [9.17, 15) is 4.79 Å². The molecule has 19 heavy (non-hydrogen) atoms. The third-order valence-corrected chi connectivity index (χ3v) is 4.64. The van der Waals surface area contributed by atoms with Crippen LogP contribution in [0.15, 0.2) is 30.3 Å². The van der Waals surface area contributed by atoms with Crippen molar-refractivity contribution in [2.75, 3.05) is 0 Å². The Labute approximate surface area is 114 Å². The molecule has 2 aliphatic rings. The number of carbonyl (C=O) groups is 1. The van der Waals surface area contributed by atoms with Gasteiger partial charge in [0.1, 0.15) is 0 Å². The first-order valence-corrected chi connectivity index (χ1v) is 7.32. The van der Waals surface area contributed by atoms with Gasteiger partial charge >= 0.3 is 0 Å². The summed E-state index contributed by atoms with van der Waals surface area (Å²) in [6.45, 7) is 0. The maximum absolute atomic E-state index is 11.8. The molecule has 0 saturated heterocycles. The van der Waals surface area contributed by atoms with Crippen LogP contribution in [0.1, 0.15) is 50.0 Å². The van der Waals surface area contributed by atoms with E-state index in [2.05, 4.69) is 35.6 Å². The summed E-state index contributed by atoms with van der Waals surface area (Å²) in [4.78, 5) is 11.8. The van der Waals surface area contributed by atoms with Crippen LogP contribution in [0.4, 0.5) is 0 Å². The molecule has 3 nitrogen and oxygen atoms in total. The molecule has 0 aliphatic heterocycles. The zero-order valence-corrected chi connectivity index (χ0v) is 11.3. The van der Waals surface area contributed by atoms with Crippen LogP contribution in [0.2, 0.25) is 0 Å². The van der Waals surface area contributed by atoms with Crippen molar-refractivity contribution in [3.05, 3.63) is 35.9 Å². The van der Waals surface area contributed by atoms with Crippen LogP contribution in [0.5, 0.6) is 0 Å². The molecule has 0 heterocycles. The van der Waals surface area contributed by atoms with Crippen LogP contribution < -0.4 is 11.1 Å². The van der Waals surface area contributed by atoms with Gasteiger partial charge in [-0.25, -0.2) is 0 Å². The minimum absolute atomic E-state index is 0.161. The second-order valence-electron chi connectivity index (χ2n) is 6.05. The molecule has 0 atom stereocenters. The van der Waals surface area contributed by atoms with Gasteiger partial charge in [-0.05, 0) is 50.0 Å². The van der Waals surface area contributed by atoms with Crippen LogP contribution >= 0.6 is 0 Å². The predicted molar refractivity (Wildman–Crippen MR) is 75.7 cm³/mol. The van der Waals surface area contributed by atoms with Crippen molar-refractivity contribution in [1.29, 1.82) is 0 Å². The number of carbonyl (C=O) groups excluding carboxylic acids is 1. The molecule has 0 spiro atoms. The lowest BCUT2D eigenvalue weighted by Crippen LogP contribution is -2.57. The van der Waals surface area contributed by atoms with Crippen LogP contribution in [-0.4, -0.2) is 17.5 Å². The summed E-state index contributed by atoms with van der Waals surface area (Å²) in [7, 11) is 0. The molecule has 2 aliphatic carbocycles. The number of primary amides is 1. The average Bonchev–Trinajstić information content (AvgIpc) is 3.24. The molecule has 0 aromatic heterocycles. The smallest absolute Gasteiger partial charge is 0.237 e. The lowest BCUT2D eigenvalue weighted by atomic mass is 9.73. The first-order chi connectivity index (χ1) is 9.20. The monoisotopic (exact) mass is 258 g/mol. The highest BCUT2D eigenvalue weighted by atomic mass is 16.1. The summed E-state index contributed by atoms with van der Waals surface area (Å²) in [6.07, 6.45) is 6.23. The van der Waals surface area contributed by atoms with Gasteiger partial charge in [0.2, 0.25) is 5.91 Å². The van der Waals surface area contributed by atoms with Gasteiger partial charge in [0.25, 0.3) is 0 Å². The zero-order chi connectivity index (χ0) is 13.3. The van der Waals surface area contributed by atoms with E-state index in [0.29, 0.717) is 12.0 Å². The number of nitrogens with two attached hydrogens (primary N) is 1. The molecule has 102 valence electrons. The third kappa shape index (κ3) is 2.66. The number of hydrogen-bond acceptors (Lipinski definition) is 2. The first-order valence-electron chi connectivity index (χ1n) is 7.32. The lowest BCUT2D eigenvalue weighted by Gasteiger charge is -2.39. The van der Waals surface area contributed by atoms with E-state index >= 15 is 0 Å². The molecule has 0 bridgehead atoms. The molecular weight excluding hydrogens is 236 g/mol. The Bertz CT molecular complexity index is 445. The Kier molecular flexibility index (Phi) is 3.31. The predicted octanol–water partition coefficient (Wildman–Crippen LogP) is 2.32. The molecule has 3 rings (SSSR count). The molecule has 0 unspecified atom stereocenters. The van der Waals surface area contributed by atoms with E-state index in [4.69, 9.17) is 5.73 Å². The van der Waals surface area contributed by atoms with Crippen LogP contribution in [0.3, 0.4) is 0 Å². The van der Waals surface area contributed by atoms with E-state index < -0.39 is 5.54 Å². The molecule has 2 saturated carbocycles. The van der Waals surface area contributed by atoms with E-state index in [1.807, 2.05) is 0 Å². The van der Waals surface area contributed by atoms with Crippen molar-refractivity contribution >= 4 is 5.91 Å². The molecule has 3 heteroatoms. The van der Waals surface area contributed by atoms with Gasteiger partial charge in [0.15, 0.2) is 0 Å². The Morgan fingerprint density at radius 2 is 1.74 bits per heavy atom. The fourth-order valence-corrected chi connectivity index (χ4v) is 3.25. The number of rotatable bonds is 4. The van der Waals surface area contributed by atoms with Crippen molar-refractivity contribution in [3.8, 4) is 0 Å². The van der Waals surface area contributed by atoms with Crippen molar-refractivity contribution in [1.82, 2.24) is 5.32 Å². The number of nitrogens with one attached hydrogen (secondary N) is 1. The number of hydrogen-bond donors (Lipinski definition) is 2. The summed E-state index contributed by atoms with van der Waals surface area (Å²) in [6, 6.07) is 11.1. The highest BCUT2D eigenvalue weighted by Crippen LogP contribution is 2.39. The van der Waals surface area contributed by atoms with Crippen molar-refractivity contribution in [2.24, 2.45) is 5.73 Å². The summed E-state index contributed by atoms with van der Waals surface area (Å²) in [5.41, 5.74) is 6.62. The minimum Gasteiger partial charge on any atom is -0.368 e. The molecular formula is C16H22N2O.